The minimum atomic E-state index is -0.441. The van der Waals surface area contributed by atoms with Crippen LogP contribution in [0.15, 0.2) is 60.7 Å². The third kappa shape index (κ3) is 9.63. The van der Waals surface area contributed by atoms with E-state index in [1.54, 1.807) is 0 Å². The maximum Gasteiger partial charge on any atom is 0.407 e. The predicted molar refractivity (Wildman–Crippen MR) is 143 cm³/mol. The summed E-state index contributed by atoms with van der Waals surface area (Å²) in [4.78, 5) is 16.7. The highest BCUT2D eigenvalue weighted by Crippen LogP contribution is 2.20. The predicted octanol–water partition coefficient (Wildman–Crippen LogP) is 4.79. The quantitative estimate of drug-likeness (QED) is 0.597. The molecule has 1 amide bonds. The maximum absolute atomic E-state index is 11.7. The molecule has 6 heteroatoms. The van der Waals surface area contributed by atoms with E-state index in [9.17, 15) is 4.79 Å². The summed E-state index contributed by atoms with van der Waals surface area (Å²) in [6.07, 6.45) is 4.56. The molecule has 2 aromatic rings. The Morgan fingerprint density at radius 1 is 0.886 bits per heavy atom. The summed E-state index contributed by atoms with van der Waals surface area (Å²) in [6.45, 7) is 11.4. The van der Waals surface area contributed by atoms with Crippen molar-refractivity contribution in [1.82, 2.24) is 15.1 Å². The van der Waals surface area contributed by atoms with Crippen molar-refractivity contribution < 1.29 is 9.53 Å². The van der Waals surface area contributed by atoms with Gasteiger partial charge in [-0.15, -0.1) is 0 Å². The molecule has 3 N–H and O–H groups in total. The fourth-order valence-electron chi connectivity index (χ4n) is 4.86. The van der Waals surface area contributed by atoms with E-state index in [0.29, 0.717) is 18.6 Å². The fourth-order valence-corrected chi connectivity index (χ4v) is 4.86. The van der Waals surface area contributed by atoms with Gasteiger partial charge in [-0.05, 0) is 70.7 Å². The highest BCUT2D eigenvalue weighted by atomic mass is 16.6. The second kappa shape index (κ2) is 13.6. The number of nitrogens with zero attached hydrogens (tertiary/aromatic N) is 2. The molecule has 0 unspecified atom stereocenters. The minimum absolute atomic E-state index is 0.325. The summed E-state index contributed by atoms with van der Waals surface area (Å²) in [6, 6.07) is 22.1. The molecule has 0 aliphatic carbocycles. The molecule has 2 atom stereocenters. The lowest BCUT2D eigenvalue weighted by atomic mass is 10.2. The Labute approximate surface area is 211 Å². The van der Waals surface area contributed by atoms with Crippen molar-refractivity contribution in [2.75, 3.05) is 26.2 Å². The largest absolute Gasteiger partial charge is 0.444 e. The first-order valence-electron chi connectivity index (χ1n) is 13.1. The molecule has 0 spiro atoms. The zero-order valence-corrected chi connectivity index (χ0v) is 21.8. The Morgan fingerprint density at radius 2 is 1.37 bits per heavy atom. The number of rotatable bonds is 7. The first-order valence-corrected chi connectivity index (χ1v) is 13.1. The molecule has 2 aliphatic heterocycles. The van der Waals surface area contributed by atoms with Gasteiger partial charge in [-0.3, -0.25) is 9.80 Å². The molecule has 4 rings (SSSR count). The summed E-state index contributed by atoms with van der Waals surface area (Å²) in [5.74, 6) is 0. The number of alkyl carbamates (subject to hydrolysis) is 1. The first kappa shape index (κ1) is 27.2. The maximum atomic E-state index is 11.7. The topological polar surface area (TPSA) is 70.8 Å². The van der Waals surface area contributed by atoms with Crippen molar-refractivity contribution in [1.29, 1.82) is 0 Å². The van der Waals surface area contributed by atoms with Gasteiger partial charge < -0.3 is 15.8 Å². The lowest BCUT2D eigenvalue weighted by Crippen LogP contribution is -2.41. The van der Waals surface area contributed by atoms with E-state index in [1.807, 2.05) is 26.8 Å². The van der Waals surface area contributed by atoms with Crippen LogP contribution in [-0.4, -0.2) is 59.8 Å². The van der Waals surface area contributed by atoms with E-state index >= 15 is 0 Å². The number of likely N-dealkylation sites (tertiary alicyclic amines) is 2. The summed E-state index contributed by atoms with van der Waals surface area (Å²) < 4.78 is 5.28. The number of benzene rings is 2. The van der Waals surface area contributed by atoms with Gasteiger partial charge in [0.05, 0.1) is 0 Å². The van der Waals surface area contributed by atoms with Crippen LogP contribution >= 0.6 is 0 Å². The number of nitrogens with one attached hydrogen (secondary N) is 1. The number of carbonyl (C=O) groups is 1. The summed E-state index contributed by atoms with van der Waals surface area (Å²) >= 11 is 0. The number of hydrogen-bond donors (Lipinski definition) is 2. The zero-order chi connectivity index (χ0) is 25.1. The lowest BCUT2D eigenvalue weighted by molar-refractivity contribution is 0.0512. The normalized spacial score (nSPS) is 20.8. The van der Waals surface area contributed by atoms with E-state index in [0.717, 1.165) is 32.6 Å². The van der Waals surface area contributed by atoms with Crippen LogP contribution in [0.2, 0.25) is 0 Å². The average Bonchev–Trinajstić information content (AvgIpc) is 3.47. The van der Waals surface area contributed by atoms with Crippen molar-refractivity contribution in [3.8, 4) is 0 Å². The second-order valence-electron chi connectivity index (χ2n) is 10.6. The molecule has 0 radical (unpaired) electrons. The van der Waals surface area contributed by atoms with Gasteiger partial charge in [-0.25, -0.2) is 4.79 Å². The number of ether oxygens (including phenoxy) is 1. The lowest BCUT2D eigenvalue weighted by Gasteiger charge is -2.26. The third-order valence-electron chi connectivity index (χ3n) is 6.61. The number of nitrogens with two attached hydrogens (primary N) is 1. The van der Waals surface area contributed by atoms with Crippen LogP contribution in [0.25, 0.3) is 0 Å². The van der Waals surface area contributed by atoms with Crippen LogP contribution in [0.1, 0.15) is 57.6 Å². The van der Waals surface area contributed by atoms with Gasteiger partial charge in [0.1, 0.15) is 5.60 Å². The van der Waals surface area contributed by atoms with Crippen molar-refractivity contribution in [3.05, 3.63) is 71.8 Å². The van der Waals surface area contributed by atoms with Crippen molar-refractivity contribution >= 4 is 6.09 Å². The molecule has 0 bridgehead atoms. The Morgan fingerprint density at radius 3 is 1.86 bits per heavy atom. The Kier molecular flexibility index (Phi) is 10.6. The van der Waals surface area contributed by atoms with Crippen LogP contribution < -0.4 is 11.1 Å². The molecular formula is C29H44N4O2. The molecule has 2 fully saturated rings. The Hall–Kier alpha value is -2.41. The fraction of sp³-hybridized carbons (Fsp3) is 0.552. The number of hydrogen-bond acceptors (Lipinski definition) is 5. The van der Waals surface area contributed by atoms with E-state index in [1.165, 1.54) is 36.9 Å². The average molecular weight is 481 g/mol. The van der Waals surface area contributed by atoms with Crippen LogP contribution in [-0.2, 0) is 17.8 Å². The molecule has 2 heterocycles. The van der Waals surface area contributed by atoms with Crippen LogP contribution in [0.4, 0.5) is 4.79 Å². The molecule has 0 saturated carbocycles. The highest BCUT2D eigenvalue weighted by molar-refractivity contribution is 5.67. The van der Waals surface area contributed by atoms with Gasteiger partial charge in [0, 0.05) is 38.3 Å². The molecule has 192 valence electrons. The third-order valence-corrected chi connectivity index (χ3v) is 6.61. The summed E-state index contributed by atoms with van der Waals surface area (Å²) in [5.41, 5.74) is 8.01. The standard InChI is InChI=1S/C17H26N2O2.C12H18N2/c1-17(2,3)21-16(20)18-12-15-10-7-11-19(15)13-14-8-5-4-6-9-14;13-9-12-7-4-8-14(12)10-11-5-2-1-3-6-11/h4-6,8-9,15H,7,10-13H2,1-3H3,(H,18,20);1-3,5-6,12H,4,7-10,13H2/t15-;12-/m00/s1. The van der Waals surface area contributed by atoms with Crippen molar-refractivity contribution in [2.45, 2.75) is 77.2 Å². The van der Waals surface area contributed by atoms with Crippen molar-refractivity contribution in [3.63, 3.8) is 0 Å². The molecule has 2 saturated heterocycles. The van der Waals surface area contributed by atoms with E-state index in [2.05, 4.69) is 69.7 Å². The Balaban J connectivity index is 0.000000211. The minimum Gasteiger partial charge on any atom is -0.444 e. The smallest absolute Gasteiger partial charge is 0.407 e. The van der Waals surface area contributed by atoms with Gasteiger partial charge >= 0.3 is 6.09 Å². The van der Waals surface area contributed by atoms with Crippen molar-refractivity contribution in [2.24, 2.45) is 5.73 Å². The van der Waals surface area contributed by atoms with Crippen LogP contribution in [0, 0.1) is 0 Å². The van der Waals surface area contributed by atoms with Crippen LogP contribution in [0.3, 0.4) is 0 Å². The zero-order valence-electron chi connectivity index (χ0n) is 21.8. The molecule has 0 aromatic heterocycles. The van der Waals surface area contributed by atoms with Gasteiger partial charge in [-0.1, -0.05) is 60.7 Å². The molecular weight excluding hydrogens is 436 g/mol. The van der Waals surface area contributed by atoms with Gasteiger partial charge in [0.25, 0.3) is 0 Å². The van der Waals surface area contributed by atoms with E-state index < -0.39 is 5.60 Å². The highest BCUT2D eigenvalue weighted by Gasteiger charge is 2.26. The number of carbonyl (C=O) groups excluding carboxylic acids is 1. The Bertz CT molecular complexity index is 869. The monoisotopic (exact) mass is 480 g/mol. The molecule has 35 heavy (non-hydrogen) atoms. The van der Waals surface area contributed by atoms with Crippen LogP contribution in [0.5, 0.6) is 0 Å². The summed E-state index contributed by atoms with van der Waals surface area (Å²) in [5, 5.41) is 2.89. The summed E-state index contributed by atoms with van der Waals surface area (Å²) in [7, 11) is 0. The number of amides is 1. The SMILES string of the molecule is CC(C)(C)OC(=O)NC[C@@H]1CCCN1Cc1ccccc1.NC[C@@H]1CCCN1Cc1ccccc1. The molecule has 2 aromatic carbocycles. The second-order valence-corrected chi connectivity index (χ2v) is 10.6. The van der Waals surface area contributed by atoms with E-state index in [4.69, 9.17) is 10.5 Å². The molecule has 2 aliphatic rings. The van der Waals surface area contributed by atoms with Gasteiger partial charge in [-0.2, -0.15) is 0 Å². The molecule has 6 nitrogen and oxygen atoms in total. The first-order chi connectivity index (χ1) is 16.8. The van der Waals surface area contributed by atoms with Gasteiger partial charge in [0.2, 0.25) is 0 Å². The van der Waals surface area contributed by atoms with E-state index in [-0.39, 0.29) is 6.09 Å². The van der Waals surface area contributed by atoms with Gasteiger partial charge in [0.15, 0.2) is 0 Å².